The number of ether oxygens (including phenoxy) is 1. The largest absolute Gasteiger partial charge is 0.494 e. The third-order valence-electron chi connectivity index (χ3n) is 3.94. The quantitative estimate of drug-likeness (QED) is 0.581. The first-order valence-electron chi connectivity index (χ1n) is 8.70. The van der Waals surface area contributed by atoms with Crippen LogP contribution in [-0.4, -0.2) is 17.5 Å². The summed E-state index contributed by atoms with van der Waals surface area (Å²) in [4.78, 5) is 19.3. The van der Waals surface area contributed by atoms with E-state index < -0.39 is 0 Å². The smallest absolute Gasteiger partial charge is 0.233 e. The first-order valence-corrected chi connectivity index (χ1v) is 9.58. The van der Waals surface area contributed by atoms with Gasteiger partial charge in [0.15, 0.2) is 5.13 Å². The maximum Gasteiger partial charge on any atom is 0.233 e. The molecule has 0 atom stereocenters. The van der Waals surface area contributed by atoms with E-state index in [2.05, 4.69) is 4.98 Å². The van der Waals surface area contributed by atoms with Gasteiger partial charge in [-0.1, -0.05) is 36.4 Å². The van der Waals surface area contributed by atoms with Gasteiger partial charge in [-0.05, 0) is 44.0 Å². The van der Waals surface area contributed by atoms with Crippen molar-refractivity contribution in [2.75, 3.05) is 11.5 Å². The summed E-state index contributed by atoms with van der Waals surface area (Å²) >= 11 is 1.48. The number of thiazole rings is 1. The van der Waals surface area contributed by atoms with Crippen LogP contribution in [0.3, 0.4) is 0 Å². The van der Waals surface area contributed by atoms with E-state index in [1.807, 2.05) is 73.8 Å². The highest BCUT2D eigenvalue weighted by Crippen LogP contribution is 2.30. The third-order valence-corrected chi connectivity index (χ3v) is 4.89. The van der Waals surface area contributed by atoms with Crippen LogP contribution in [0.25, 0.3) is 0 Å². The zero-order valence-corrected chi connectivity index (χ0v) is 15.8. The van der Waals surface area contributed by atoms with Crippen LogP contribution < -0.4 is 9.64 Å². The molecule has 134 valence electrons. The molecule has 0 saturated carbocycles. The molecule has 0 fully saturated rings. The van der Waals surface area contributed by atoms with Crippen molar-refractivity contribution in [3.8, 4) is 5.75 Å². The number of anilines is 2. The standard InChI is InChI=1S/C21H22N2O2S/c1-3-25-19-12-8-7-9-17(19)13-14-20(24)23(18-10-5-4-6-11-18)21-22-16(2)15-26-21/h4-12,15H,3,13-14H2,1-2H3. The highest BCUT2D eigenvalue weighted by atomic mass is 32.1. The molecular formula is C21H22N2O2S. The number of aryl methyl sites for hydroxylation is 2. The molecule has 1 heterocycles. The molecule has 0 N–H and O–H groups in total. The van der Waals surface area contributed by atoms with Crippen LogP contribution >= 0.6 is 11.3 Å². The Balaban J connectivity index is 1.81. The van der Waals surface area contributed by atoms with Crippen LogP contribution in [0.2, 0.25) is 0 Å². The normalized spacial score (nSPS) is 10.5. The van der Waals surface area contributed by atoms with Gasteiger partial charge in [0, 0.05) is 11.8 Å². The van der Waals surface area contributed by atoms with Crippen molar-refractivity contribution in [3.63, 3.8) is 0 Å². The minimum atomic E-state index is 0.0249. The summed E-state index contributed by atoms with van der Waals surface area (Å²) in [6.45, 7) is 4.51. The van der Waals surface area contributed by atoms with Gasteiger partial charge in [-0.2, -0.15) is 0 Å². The Morgan fingerprint density at radius 1 is 1.12 bits per heavy atom. The van der Waals surface area contributed by atoms with Crippen molar-refractivity contribution < 1.29 is 9.53 Å². The van der Waals surface area contributed by atoms with Crippen molar-refractivity contribution in [2.45, 2.75) is 26.7 Å². The molecular weight excluding hydrogens is 344 g/mol. The lowest BCUT2D eigenvalue weighted by Gasteiger charge is -2.20. The van der Waals surface area contributed by atoms with Crippen molar-refractivity contribution in [1.29, 1.82) is 0 Å². The molecule has 4 nitrogen and oxygen atoms in total. The molecule has 0 unspecified atom stereocenters. The fourth-order valence-corrected chi connectivity index (χ4v) is 3.58. The van der Waals surface area contributed by atoms with Crippen LogP contribution in [0.15, 0.2) is 60.0 Å². The van der Waals surface area contributed by atoms with Gasteiger partial charge in [0.25, 0.3) is 0 Å². The number of para-hydroxylation sites is 2. The fraction of sp³-hybridized carbons (Fsp3) is 0.238. The molecule has 0 aliphatic carbocycles. The number of amides is 1. The SMILES string of the molecule is CCOc1ccccc1CCC(=O)N(c1ccccc1)c1nc(C)cs1. The number of carbonyl (C=O) groups excluding carboxylic acids is 1. The molecule has 5 heteroatoms. The van der Waals surface area contributed by atoms with Crippen molar-refractivity contribution >= 4 is 28.1 Å². The Morgan fingerprint density at radius 3 is 2.54 bits per heavy atom. The molecule has 0 bridgehead atoms. The first kappa shape index (κ1) is 18.1. The molecule has 3 aromatic rings. The highest BCUT2D eigenvalue weighted by molar-refractivity contribution is 7.14. The topological polar surface area (TPSA) is 42.4 Å². The summed E-state index contributed by atoms with van der Waals surface area (Å²) in [7, 11) is 0. The van der Waals surface area contributed by atoms with E-state index in [0.717, 1.165) is 22.7 Å². The van der Waals surface area contributed by atoms with Crippen molar-refractivity contribution in [2.24, 2.45) is 0 Å². The lowest BCUT2D eigenvalue weighted by atomic mass is 10.1. The number of hydrogen-bond donors (Lipinski definition) is 0. The van der Waals surface area contributed by atoms with Crippen LogP contribution in [0.5, 0.6) is 5.75 Å². The Kier molecular flexibility index (Phi) is 6.02. The van der Waals surface area contributed by atoms with Crippen LogP contribution in [0.1, 0.15) is 24.6 Å². The summed E-state index contributed by atoms with van der Waals surface area (Å²) in [6.07, 6.45) is 1.01. The number of benzene rings is 2. The van der Waals surface area contributed by atoms with E-state index in [1.54, 1.807) is 4.90 Å². The second-order valence-corrected chi connectivity index (χ2v) is 6.71. The van der Waals surface area contributed by atoms with Crippen LogP contribution in [0.4, 0.5) is 10.8 Å². The highest BCUT2D eigenvalue weighted by Gasteiger charge is 2.21. The average Bonchev–Trinajstić information content (AvgIpc) is 3.08. The molecule has 0 aliphatic rings. The molecule has 1 amide bonds. The van der Waals surface area contributed by atoms with Crippen LogP contribution in [0, 0.1) is 6.92 Å². The molecule has 26 heavy (non-hydrogen) atoms. The maximum absolute atomic E-state index is 13.0. The van der Waals surface area contributed by atoms with E-state index in [9.17, 15) is 4.79 Å². The summed E-state index contributed by atoms with van der Waals surface area (Å²) in [5.41, 5.74) is 2.80. The molecule has 0 spiro atoms. The zero-order chi connectivity index (χ0) is 18.4. The molecule has 2 aromatic carbocycles. The van der Waals surface area contributed by atoms with Gasteiger partial charge in [0.1, 0.15) is 5.75 Å². The van der Waals surface area contributed by atoms with Gasteiger partial charge in [-0.25, -0.2) is 4.98 Å². The number of aromatic nitrogens is 1. The summed E-state index contributed by atoms with van der Waals surface area (Å²) in [5, 5.41) is 2.67. The molecule has 0 aliphatic heterocycles. The minimum Gasteiger partial charge on any atom is -0.494 e. The van der Waals surface area contributed by atoms with E-state index in [0.29, 0.717) is 24.6 Å². The molecule has 0 radical (unpaired) electrons. The predicted octanol–water partition coefficient (Wildman–Crippen LogP) is 5.15. The Labute approximate surface area is 158 Å². The molecule has 3 rings (SSSR count). The fourth-order valence-electron chi connectivity index (χ4n) is 2.74. The minimum absolute atomic E-state index is 0.0249. The van der Waals surface area contributed by atoms with Gasteiger partial charge in [-0.15, -0.1) is 11.3 Å². The Morgan fingerprint density at radius 2 is 1.85 bits per heavy atom. The summed E-state index contributed by atoms with van der Waals surface area (Å²) < 4.78 is 5.67. The second-order valence-electron chi connectivity index (χ2n) is 5.88. The van der Waals surface area contributed by atoms with Gasteiger partial charge in [-0.3, -0.25) is 9.69 Å². The average molecular weight is 366 g/mol. The zero-order valence-electron chi connectivity index (χ0n) is 15.0. The maximum atomic E-state index is 13.0. The predicted molar refractivity (Wildman–Crippen MR) is 106 cm³/mol. The first-order chi connectivity index (χ1) is 12.7. The van der Waals surface area contributed by atoms with Gasteiger partial charge >= 0.3 is 0 Å². The summed E-state index contributed by atoms with van der Waals surface area (Å²) in [6, 6.07) is 17.6. The number of carbonyl (C=O) groups is 1. The van der Waals surface area contributed by atoms with Crippen molar-refractivity contribution in [1.82, 2.24) is 4.98 Å². The van der Waals surface area contributed by atoms with Gasteiger partial charge in [0.2, 0.25) is 5.91 Å². The van der Waals surface area contributed by atoms with Gasteiger partial charge in [0.05, 0.1) is 18.0 Å². The summed E-state index contributed by atoms with van der Waals surface area (Å²) in [5.74, 6) is 0.871. The number of nitrogens with zero attached hydrogens (tertiary/aromatic N) is 2. The van der Waals surface area contributed by atoms with Crippen molar-refractivity contribution in [3.05, 3.63) is 71.2 Å². The van der Waals surface area contributed by atoms with E-state index in [-0.39, 0.29) is 5.91 Å². The Hall–Kier alpha value is -2.66. The van der Waals surface area contributed by atoms with E-state index >= 15 is 0 Å². The molecule has 1 aromatic heterocycles. The lowest BCUT2D eigenvalue weighted by Crippen LogP contribution is -2.26. The lowest BCUT2D eigenvalue weighted by molar-refractivity contribution is -0.117. The number of rotatable bonds is 7. The van der Waals surface area contributed by atoms with Crippen LogP contribution in [-0.2, 0) is 11.2 Å². The van der Waals surface area contributed by atoms with E-state index in [1.165, 1.54) is 11.3 Å². The third kappa shape index (κ3) is 4.29. The number of hydrogen-bond acceptors (Lipinski definition) is 4. The second kappa shape index (κ2) is 8.63. The monoisotopic (exact) mass is 366 g/mol. The molecule has 0 saturated heterocycles. The Bertz CT molecular complexity index is 861. The van der Waals surface area contributed by atoms with Gasteiger partial charge < -0.3 is 4.74 Å². The van der Waals surface area contributed by atoms with E-state index in [4.69, 9.17) is 4.74 Å².